The smallest absolute Gasteiger partial charge is 0.277 e. The molecule has 0 aliphatic rings. The molecule has 2 rings (SSSR count). The van der Waals surface area contributed by atoms with Gasteiger partial charge in [0, 0.05) is 4.47 Å². The standard InChI is InChI=1S/C17H17BrN2O4/c1-10-5-13(18)6-11(2)17(10)24-9-16(23)20-19-8-12-3-4-14(21)15(22)7-12/h3-8,21-22H,9H2,1-2H3,(H,20,23)/b19-8+. The highest BCUT2D eigenvalue weighted by Gasteiger charge is 2.08. The van der Waals surface area contributed by atoms with E-state index >= 15 is 0 Å². The van der Waals surface area contributed by atoms with Gasteiger partial charge >= 0.3 is 0 Å². The molecule has 0 aliphatic carbocycles. The number of phenols is 2. The molecule has 0 saturated heterocycles. The Morgan fingerprint density at radius 1 is 1.21 bits per heavy atom. The van der Waals surface area contributed by atoms with Crippen LogP contribution in [0.2, 0.25) is 0 Å². The molecule has 0 aromatic heterocycles. The first-order valence-corrected chi connectivity index (χ1v) is 7.89. The number of nitrogens with zero attached hydrogens (tertiary/aromatic N) is 1. The summed E-state index contributed by atoms with van der Waals surface area (Å²) in [6, 6.07) is 8.04. The first-order chi connectivity index (χ1) is 11.4. The lowest BCUT2D eigenvalue weighted by Gasteiger charge is -2.11. The summed E-state index contributed by atoms with van der Waals surface area (Å²) in [4.78, 5) is 11.8. The molecule has 0 saturated carbocycles. The number of hydrogen-bond donors (Lipinski definition) is 3. The van der Waals surface area contributed by atoms with Crippen LogP contribution < -0.4 is 10.2 Å². The third-order valence-electron chi connectivity index (χ3n) is 3.18. The second-order valence-electron chi connectivity index (χ2n) is 5.20. The molecule has 0 heterocycles. The number of ether oxygens (including phenoxy) is 1. The van der Waals surface area contributed by atoms with Crippen LogP contribution >= 0.6 is 15.9 Å². The number of phenolic OH excluding ortho intramolecular Hbond substituents is 2. The SMILES string of the molecule is Cc1cc(Br)cc(C)c1OCC(=O)N/N=C/c1ccc(O)c(O)c1. The lowest BCUT2D eigenvalue weighted by Crippen LogP contribution is -2.25. The third-order valence-corrected chi connectivity index (χ3v) is 3.63. The van der Waals surface area contributed by atoms with Crippen molar-refractivity contribution in [3.63, 3.8) is 0 Å². The maximum Gasteiger partial charge on any atom is 0.277 e. The fraction of sp³-hybridized carbons (Fsp3) is 0.176. The van der Waals surface area contributed by atoms with Crippen LogP contribution in [0.5, 0.6) is 17.2 Å². The van der Waals surface area contributed by atoms with Gasteiger partial charge in [0.2, 0.25) is 0 Å². The predicted octanol–water partition coefficient (Wildman–Crippen LogP) is 3.01. The largest absolute Gasteiger partial charge is 0.504 e. The Kier molecular flexibility index (Phi) is 5.81. The number of benzene rings is 2. The van der Waals surface area contributed by atoms with Gasteiger partial charge < -0.3 is 14.9 Å². The van der Waals surface area contributed by atoms with Crippen molar-refractivity contribution in [3.8, 4) is 17.2 Å². The van der Waals surface area contributed by atoms with Crippen LogP contribution in [0.15, 0.2) is 39.9 Å². The minimum atomic E-state index is -0.407. The van der Waals surface area contributed by atoms with Gasteiger partial charge in [-0.15, -0.1) is 0 Å². The molecule has 0 bridgehead atoms. The summed E-state index contributed by atoms with van der Waals surface area (Å²) in [5, 5.41) is 22.4. The van der Waals surface area contributed by atoms with E-state index in [0.717, 1.165) is 15.6 Å². The maximum absolute atomic E-state index is 11.8. The van der Waals surface area contributed by atoms with Crippen LogP contribution in [-0.4, -0.2) is 28.9 Å². The Morgan fingerprint density at radius 2 is 1.88 bits per heavy atom. The number of hydrazone groups is 1. The number of amides is 1. The van der Waals surface area contributed by atoms with Crippen molar-refractivity contribution in [1.82, 2.24) is 5.43 Å². The molecule has 0 aliphatic heterocycles. The average Bonchev–Trinajstić information content (AvgIpc) is 2.49. The van der Waals surface area contributed by atoms with E-state index in [1.54, 1.807) is 6.07 Å². The van der Waals surface area contributed by atoms with Gasteiger partial charge in [0.05, 0.1) is 6.21 Å². The van der Waals surface area contributed by atoms with Crippen LogP contribution in [0, 0.1) is 13.8 Å². The van der Waals surface area contributed by atoms with E-state index in [2.05, 4.69) is 26.5 Å². The van der Waals surface area contributed by atoms with Crippen LogP contribution in [0.25, 0.3) is 0 Å². The van der Waals surface area contributed by atoms with Crippen LogP contribution in [-0.2, 0) is 4.79 Å². The summed E-state index contributed by atoms with van der Waals surface area (Å²) < 4.78 is 6.50. The molecule has 0 atom stereocenters. The number of hydrogen-bond acceptors (Lipinski definition) is 5. The average molecular weight is 393 g/mol. The Morgan fingerprint density at radius 3 is 2.50 bits per heavy atom. The molecule has 0 unspecified atom stereocenters. The van der Waals surface area contributed by atoms with Crippen molar-refractivity contribution >= 4 is 28.1 Å². The van der Waals surface area contributed by atoms with Gasteiger partial charge in [-0.2, -0.15) is 5.10 Å². The third kappa shape index (κ3) is 4.73. The fourth-order valence-corrected chi connectivity index (χ4v) is 2.78. The summed E-state index contributed by atoms with van der Waals surface area (Å²) in [6.45, 7) is 3.64. The van der Waals surface area contributed by atoms with Crippen LogP contribution in [0.4, 0.5) is 0 Å². The van der Waals surface area contributed by atoms with Crippen molar-refractivity contribution in [3.05, 3.63) is 51.5 Å². The second kappa shape index (κ2) is 7.83. The van der Waals surface area contributed by atoms with E-state index in [1.165, 1.54) is 18.3 Å². The minimum Gasteiger partial charge on any atom is -0.504 e. The Hall–Kier alpha value is -2.54. The highest BCUT2D eigenvalue weighted by Crippen LogP contribution is 2.27. The molecular formula is C17H17BrN2O4. The van der Waals surface area contributed by atoms with Crippen molar-refractivity contribution in [2.75, 3.05) is 6.61 Å². The van der Waals surface area contributed by atoms with Gasteiger partial charge in [-0.25, -0.2) is 5.43 Å². The molecule has 2 aromatic carbocycles. The summed E-state index contributed by atoms with van der Waals surface area (Å²) in [6.07, 6.45) is 1.35. The number of carbonyl (C=O) groups excluding carboxylic acids is 1. The summed E-state index contributed by atoms with van der Waals surface area (Å²) in [5.74, 6) is -0.212. The van der Waals surface area contributed by atoms with Gasteiger partial charge in [-0.05, 0) is 60.9 Å². The van der Waals surface area contributed by atoms with Gasteiger partial charge in [0.15, 0.2) is 18.1 Å². The van der Waals surface area contributed by atoms with Gasteiger partial charge in [0.1, 0.15) is 5.75 Å². The molecule has 7 heteroatoms. The molecule has 0 radical (unpaired) electrons. The van der Waals surface area contributed by atoms with Gasteiger partial charge in [-0.1, -0.05) is 15.9 Å². The summed E-state index contributed by atoms with van der Waals surface area (Å²) >= 11 is 3.41. The zero-order valence-corrected chi connectivity index (χ0v) is 14.8. The molecule has 0 fully saturated rings. The quantitative estimate of drug-likeness (QED) is 0.414. The van der Waals surface area contributed by atoms with E-state index in [-0.39, 0.29) is 18.1 Å². The molecule has 24 heavy (non-hydrogen) atoms. The first kappa shape index (κ1) is 17.8. The molecular weight excluding hydrogens is 376 g/mol. The van der Waals surface area contributed by atoms with Crippen molar-refractivity contribution in [2.24, 2.45) is 5.10 Å². The second-order valence-corrected chi connectivity index (χ2v) is 6.11. The van der Waals surface area contributed by atoms with Crippen molar-refractivity contribution < 1.29 is 19.7 Å². The number of nitrogens with one attached hydrogen (secondary N) is 1. The number of aromatic hydroxyl groups is 2. The lowest BCUT2D eigenvalue weighted by atomic mass is 10.1. The molecule has 2 aromatic rings. The Bertz CT molecular complexity index is 767. The minimum absolute atomic E-state index is 0.165. The van der Waals surface area contributed by atoms with Crippen molar-refractivity contribution in [1.29, 1.82) is 0 Å². The number of rotatable bonds is 5. The summed E-state index contributed by atoms with van der Waals surface area (Å²) in [7, 11) is 0. The predicted molar refractivity (Wildman–Crippen MR) is 94.6 cm³/mol. The number of halogens is 1. The van der Waals surface area contributed by atoms with Gasteiger partial charge in [-0.3, -0.25) is 4.79 Å². The number of aryl methyl sites for hydroxylation is 2. The van der Waals surface area contributed by atoms with Crippen molar-refractivity contribution in [2.45, 2.75) is 13.8 Å². The monoisotopic (exact) mass is 392 g/mol. The molecule has 1 amide bonds. The number of carbonyl (C=O) groups is 1. The molecule has 126 valence electrons. The molecule has 3 N–H and O–H groups in total. The highest BCUT2D eigenvalue weighted by molar-refractivity contribution is 9.10. The normalized spacial score (nSPS) is 10.8. The van der Waals surface area contributed by atoms with E-state index in [9.17, 15) is 15.0 Å². The zero-order chi connectivity index (χ0) is 17.7. The van der Waals surface area contributed by atoms with Crippen LogP contribution in [0.1, 0.15) is 16.7 Å². The maximum atomic E-state index is 11.8. The first-order valence-electron chi connectivity index (χ1n) is 7.10. The highest BCUT2D eigenvalue weighted by atomic mass is 79.9. The Labute approximate surface area is 147 Å². The van der Waals surface area contributed by atoms with E-state index in [4.69, 9.17) is 4.74 Å². The molecule has 0 spiro atoms. The van der Waals surface area contributed by atoms with E-state index in [1.807, 2.05) is 26.0 Å². The fourth-order valence-electron chi connectivity index (χ4n) is 2.09. The van der Waals surface area contributed by atoms with E-state index < -0.39 is 5.91 Å². The summed E-state index contributed by atoms with van der Waals surface area (Å²) in [5.41, 5.74) is 4.73. The van der Waals surface area contributed by atoms with Gasteiger partial charge in [0.25, 0.3) is 5.91 Å². The topological polar surface area (TPSA) is 91.2 Å². The zero-order valence-electron chi connectivity index (χ0n) is 13.2. The lowest BCUT2D eigenvalue weighted by molar-refractivity contribution is -0.123. The van der Waals surface area contributed by atoms with Crippen LogP contribution in [0.3, 0.4) is 0 Å². The Balaban J connectivity index is 1.90. The van der Waals surface area contributed by atoms with E-state index in [0.29, 0.717) is 11.3 Å². The molecule has 6 nitrogen and oxygen atoms in total.